The molecule has 3 unspecified atom stereocenters. The molecular formula is C31H29ClNNaO3S. The van der Waals surface area contributed by atoms with Gasteiger partial charge in [0.15, 0.2) is 0 Å². The van der Waals surface area contributed by atoms with Gasteiger partial charge in [0.2, 0.25) is 0 Å². The van der Waals surface area contributed by atoms with Crippen LogP contribution in [0.25, 0.3) is 23.1 Å². The molecule has 1 N–H and O–H groups in total. The molecule has 0 aliphatic heterocycles. The molecule has 4 rings (SSSR count). The van der Waals surface area contributed by atoms with Gasteiger partial charge in [-0.3, -0.25) is 0 Å². The van der Waals surface area contributed by atoms with Crippen molar-refractivity contribution >= 4 is 52.4 Å². The molecule has 0 saturated carbocycles. The number of pyridine rings is 1. The minimum Gasteiger partial charge on any atom is -0.550 e. The monoisotopic (exact) mass is 553 g/mol. The second kappa shape index (κ2) is 14.3. The molecule has 3 aromatic carbocycles. The summed E-state index contributed by atoms with van der Waals surface area (Å²) >= 11 is 7.72. The van der Waals surface area contributed by atoms with Gasteiger partial charge in [-0.05, 0) is 59.9 Å². The van der Waals surface area contributed by atoms with Crippen LogP contribution in [0.2, 0.25) is 5.02 Å². The number of aliphatic carboxylic acids is 1. The molecule has 0 aliphatic rings. The van der Waals surface area contributed by atoms with Crippen molar-refractivity contribution in [2.75, 3.05) is 5.75 Å². The molecule has 3 atom stereocenters. The Bertz CT molecular complexity index is 1430. The van der Waals surface area contributed by atoms with Crippen molar-refractivity contribution in [3.63, 3.8) is 0 Å². The number of rotatable bonds is 10. The van der Waals surface area contributed by atoms with Crippen LogP contribution in [0.5, 0.6) is 0 Å². The van der Waals surface area contributed by atoms with E-state index < -0.39 is 18.0 Å². The summed E-state index contributed by atoms with van der Waals surface area (Å²) in [5.41, 5.74) is 5.89. The summed E-state index contributed by atoms with van der Waals surface area (Å²) in [6, 6.07) is 26.1. The molecular weight excluding hydrogens is 525 g/mol. The first kappa shape index (κ1) is 30.4. The van der Waals surface area contributed by atoms with E-state index in [9.17, 15) is 15.0 Å². The van der Waals surface area contributed by atoms with Crippen LogP contribution in [0.1, 0.15) is 47.0 Å². The number of thioether (sulfide) groups is 1. The van der Waals surface area contributed by atoms with Gasteiger partial charge in [-0.2, -0.15) is 0 Å². The summed E-state index contributed by atoms with van der Waals surface area (Å²) in [4.78, 5) is 16.1. The number of fused-ring (bicyclic) bond motifs is 1. The molecule has 7 heteroatoms. The average molecular weight is 554 g/mol. The normalized spacial score (nSPS) is 13.7. The van der Waals surface area contributed by atoms with Crippen LogP contribution in [0, 0.1) is 5.92 Å². The Morgan fingerprint density at radius 3 is 2.45 bits per heavy atom. The van der Waals surface area contributed by atoms with Gasteiger partial charge in [0.05, 0.1) is 22.6 Å². The summed E-state index contributed by atoms with van der Waals surface area (Å²) in [7, 11) is 0. The molecule has 0 aliphatic carbocycles. The summed E-state index contributed by atoms with van der Waals surface area (Å²) < 4.78 is 0. The molecule has 4 nitrogen and oxygen atoms in total. The van der Waals surface area contributed by atoms with Crippen molar-refractivity contribution in [2.45, 2.75) is 31.6 Å². The fraction of sp³-hybridized carbons (Fsp3) is 0.226. The first-order valence-electron chi connectivity index (χ1n) is 12.2. The van der Waals surface area contributed by atoms with Crippen molar-refractivity contribution in [3.8, 4) is 0 Å². The number of benzene rings is 3. The quantitative estimate of drug-likeness (QED) is 0.305. The molecule has 0 amide bonds. The first-order valence-corrected chi connectivity index (χ1v) is 13.6. The first-order chi connectivity index (χ1) is 17.8. The van der Waals surface area contributed by atoms with Crippen LogP contribution in [0.4, 0.5) is 0 Å². The van der Waals surface area contributed by atoms with E-state index in [1.807, 2.05) is 66.7 Å². The molecule has 0 bridgehead atoms. The third kappa shape index (κ3) is 8.44. The number of aromatic nitrogens is 1. The fourth-order valence-corrected chi connectivity index (χ4v) is 5.59. The van der Waals surface area contributed by atoms with E-state index in [0.29, 0.717) is 17.2 Å². The molecule has 4 aromatic rings. The zero-order chi connectivity index (χ0) is 26.4. The Balaban J connectivity index is 0.00000400. The average Bonchev–Trinajstić information content (AvgIpc) is 2.87. The minimum atomic E-state index is -1.05. The number of hydrogen-bond acceptors (Lipinski definition) is 5. The number of carbonyl (C=O) groups excluding carboxylic acids is 1. The Kier molecular flexibility index (Phi) is 11.5. The summed E-state index contributed by atoms with van der Waals surface area (Å²) in [6.07, 6.45) is 4.13. The Morgan fingerprint density at radius 1 is 1.00 bits per heavy atom. The topological polar surface area (TPSA) is 73.2 Å². The molecule has 0 fully saturated rings. The van der Waals surface area contributed by atoms with E-state index in [4.69, 9.17) is 16.6 Å². The minimum absolute atomic E-state index is 0. The Morgan fingerprint density at radius 2 is 1.71 bits per heavy atom. The molecule has 1 heterocycles. The number of nitrogens with zero attached hydrogens (tertiary/aromatic N) is 1. The van der Waals surface area contributed by atoms with E-state index in [1.54, 1.807) is 25.6 Å². The second-order valence-corrected chi connectivity index (χ2v) is 10.9. The molecule has 38 heavy (non-hydrogen) atoms. The van der Waals surface area contributed by atoms with E-state index in [2.05, 4.69) is 24.3 Å². The van der Waals surface area contributed by atoms with E-state index >= 15 is 0 Å². The molecule has 0 radical (unpaired) electrons. The fourth-order valence-electron chi connectivity index (χ4n) is 4.12. The van der Waals surface area contributed by atoms with Crippen LogP contribution in [-0.4, -0.2) is 27.9 Å². The van der Waals surface area contributed by atoms with Crippen molar-refractivity contribution in [2.24, 2.45) is 5.92 Å². The number of aliphatic hydroxyl groups excluding tert-OH is 1. The number of carboxylic acids is 1. The van der Waals surface area contributed by atoms with Crippen molar-refractivity contribution in [1.82, 2.24) is 4.98 Å². The number of carboxylic acid groups (broad SMARTS) is 1. The van der Waals surface area contributed by atoms with Crippen molar-refractivity contribution in [1.29, 1.82) is 0 Å². The van der Waals surface area contributed by atoms with Gasteiger partial charge in [-0.25, -0.2) is 4.98 Å². The maximum Gasteiger partial charge on any atom is 1.00 e. The zero-order valence-corrected chi connectivity index (χ0v) is 25.4. The van der Waals surface area contributed by atoms with E-state index in [-0.39, 0.29) is 34.8 Å². The Labute approximate surface area is 255 Å². The van der Waals surface area contributed by atoms with Gasteiger partial charge in [0.1, 0.15) is 0 Å². The van der Waals surface area contributed by atoms with Gasteiger partial charge in [0.25, 0.3) is 0 Å². The number of aliphatic hydroxyl groups is 1. The predicted octanol–water partition coefficient (Wildman–Crippen LogP) is 3.19. The van der Waals surface area contributed by atoms with Crippen LogP contribution in [-0.2, 0) is 11.2 Å². The number of carbonyl (C=O) groups is 1. The largest absolute Gasteiger partial charge is 1.00 e. The SMILES string of the molecule is CC(O)Cc1cccc(C(SCC(C)C(=O)[O-])c2cccc(C=Cc3ccc4ccc(Cl)cc4n3)c2)c1.[Na+]. The van der Waals surface area contributed by atoms with Crippen molar-refractivity contribution < 1.29 is 44.6 Å². The Hall–Kier alpha value is -2.12. The van der Waals surface area contributed by atoms with Gasteiger partial charge < -0.3 is 15.0 Å². The maximum absolute atomic E-state index is 11.4. The molecule has 190 valence electrons. The van der Waals surface area contributed by atoms with E-state index in [0.717, 1.165) is 38.9 Å². The summed E-state index contributed by atoms with van der Waals surface area (Å²) in [5.74, 6) is -1.18. The van der Waals surface area contributed by atoms with Gasteiger partial charge in [-0.15, -0.1) is 11.8 Å². The molecule has 0 saturated heterocycles. The third-order valence-electron chi connectivity index (χ3n) is 6.04. The predicted molar refractivity (Wildman–Crippen MR) is 152 cm³/mol. The van der Waals surface area contributed by atoms with Crippen LogP contribution in [0.3, 0.4) is 0 Å². The molecule has 1 aromatic heterocycles. The molecule has 0 spiro atoms. The zero-order valence-electron chi connectivity index (χ0n) is 21.8. The smallest absolute Gasteiger partial charge is 0.550 e. The number of halogens is 1. The van der Waals surface area contributed by atoms with Crippen LogP contribution < -0.4 is 34.7 Å². The number of hydrogen-bond donors (Lipinski definition) is 1. The van der Waals surface area contributed by atoms with Crippen LogP contribution >= 0.6 is 23.4 Å². The summed E-state index contributed by atoms with van der Waals surface area (Å²) in [5, 5.41) is 22.8. The second-order valence-electron chi connectivity index (χ2n) is 9.31. The van der Waals surface area contributed by atoms with Gasteiger partial charge >= 0.3 is 29.6 Å². The summed E-state index contributed by atoms with van der Waals surface area (Å²) in [6.45, 7) is 3.45. The van der Waals surface area contributed by atoms with Gasteiger partial charge in [0, 0.05) is 28.0 Å². The van der Waals surface area contributed by atoms with E-state index in [1.165, 1.54) is 0 Å². The van der Waals surface area contributed by atoms with Gasteiger partial charge in [-0.1, -0.05) is 85.3 Å². The van der Waals surface area contributed by atoms with Crippen LogP contribution in [0.15, 0.2) is 78.9 Å². The third-order valence-corrected chi connectivity index (χ3v) is 7.84. The standard InChI is InChI=1S/C31H30ClNO3S.Na/c1-20(31(35)36)19-37-30(26-8-4-6-23(17-26)15-21(2)34)25-7-3-5-22(16-25)9-13-28-14-11-24-10-12-27(32)18-29(24)33-28;/h3-14,16-18,20-21,30,34H,15,19H2,1-2H3,(H,35,36);/q;+1/p-1. The maximum atomic E-state index is 11.4. The van der Waals surface area contributed by atoms with Crippen molar-refractivity contribution in [3.05, 3.63) is 112 Å².